The fourth-order valence-corrected chi connectivity index (χ4v) is 0.927. The summed E-state index contributed by atoms with van der Waals surface area (Å²) in [5.41, 5.74) is 0. The molecule has 0 saturated heterocycles. The number of benzene rings is 1. The predicted molar refractivity (Wildman–Crippen MR) is 41.2 cm³/mol. The molecule has 1 aromatic carbocycles. The van der Waals surface area contributed by atoms with Crippen molar-refractivity contribution in [1.82, 2.24) is 0 Å². The second kappa shape index (κ2) is 4.70. The molecule has 10 heavy (non-hydrogen) atoms. The quantitative estimate of drug-likeness (QED) is 0.475. The minimum absolute atomic E-state index is 0. The van der Waals surface area contributed by atoms with Crippen molar-refractivity contribution in [3.05, 3.63) is 30.3 Å². The number of hydrogen-bond acceptors (Lipinski definition) is 1. The van der Waals surface area contributed by atoms with E-state index >= 15 is 0 Å². The second-order valence-electron chi connectivity index (χ2n) is 1.56. The van der Waals surface area contributed by atoms with Crippen LogP contribution in [-0.4, -0.2) is 27.6 Å². The van der Waals surface area contributed by atoms with E-state index in [1.807, 2.05) is 0 Å². The van der Waals surface area contributed by atoms with Crippen LogP contribution in [0.2, 0.25) is 0 Å². The second-order valence-corrected chi connectivity index (χ2v) is 2.53. The van der Waals surface area contributed by atoms with Crippen LogP contribution in [0.5, 0.6) is 0 Å². The molecular weight excluding hydrogens is 143 g/mol. The summed E-state index contributed by atoms with van der Waals surface area (Å²) < 4.78 is 18.8. The van der Waals surface area contributed by atoms with E-state index in [4.69, 9.17) is 4.55 Å². The van der Waals surface area contributed by atoms with Crippen molar-refractivity contribution < 1.29 is 8.76 Å². The van der Waals surface area contributed by atoms with E-state index in [-0.39, 0.29) is 18.9 Å². The molecule has 0 saturated carbocycles. The fraction of sp³-hybridized carbons (Fsp3) is 0. The Bertz CT molecular complexity index is 212. The van der Waals surface area contributed by atoms with Gasteiger partial charge in [-0.15, -0.1) is 0 Å². The van der Waals surface area contributed by atoms with Gasteiger partial charge in [0.25, 0.3) is 0 Å². The summed E-state index contributed by atoms with van der Waals surface area (Å²) in [4.78, 5) is 0.442. The van der Waals surface area contributed by atoms with Crippen LogP contribution in [-0.2, 0) is 11.1 Å². The van der Waals surface area contributed by atoms with Crippen LogP contribution in [0.15, 0.2) is 35.2 Å². The Hall–Kier alpha value is -0.0726. The van der Waals surface area contributed by atoms with Gasteiger partial charge in [0.2, 0.25) is 0 Å². The summed E-state index contributed by atoms with van der Waals surface area (Å²) in [5.74, 6) is 0. The zero-order valence-corrected chi connectivity index (χ0v) is 6.47. The summed E-state index contributed by atoms with van der Waals surface area (Å²) in [6.45, 7) is 0. The van der Waals surface area contributed by atoms with Crippen LogP contribution in [0, 0.1) is 0 Å². The molecule has 1 N–H and O–H groups in total. The topological polar surface area (TPSA) is 37.3 Å². The van der Waals surface area contributed by atoms with Gasteiger partial charge >= 0.3 is 0 Å². The minimum Gasteiger partial charge on any atom is -0.302 e. The Labute approximate surface area is 74.1 Å². The van der Waals surface area contributed by atoms with Gasteiger partial charge in [-0.3, -0.25) is 0 Å². The van der Waals surface area contributed by atoms with Gasteiger partial charge in [0.05, 0.1) is 4.90 Å². The molecule has 1 atom stereocenters. The molecule has 0 aromatic heterocycles. The predicted octanol–water partition coefficient (Wildman–Crippen LogP) is 0.886. The maximum Gasteiger partial charge on any atom is 0.186 e. The third kappa shape index (κ3) is 2.67. The van der Waals surface area contributed by atoms with Gasteiger partial charge in [-0.25, -0.2) is 4.21 Å². The Morgan fingerprint density at radius 1 is 1.20 bits per heavy atom. The van der Waals surface area contributed by atoms with Crippen molar-refractivity contribution in [2.24, 2.45) is 0 Å². The first-order valence-electron chi connectivity index (χ1n) is 2.46. The van der Waals surface area contributed by atoms with Crippen molar-refractivity contribution in [2.75, 3.05) is 0 Å². The summed E-state index contributed by atoms with van der Waals surface area (Å²) >= 11 is -1.83. The zero-order valence-electron chi connectivity index (χ0n) is 5.65. The zero-order chi connectivity index (χ0) is 6.69. The third-order valence-corrected chi connectivity index (χ3v) is 1.62. The largest absolute Gasteiger partial charge is 0.302 e. The van der Waals surface area contributed by atoms with Crippen LogP contribution in [0.3, 0.4) is 0 Å². The fourth-order valence-electron chi connectivity index (χ4n) is 0.537. The van der Waals surface area contributed by atoms with Crippen molar-refractivity contribution in [1.29, 1.82) is 0 Å². The molecule has 0 amide bonds. The van der Waals surface area contributed by atoms with Crippen molar-refractivity contribution in [3.63, 3.8) is 0 Å². The monoisotopic (exact) mass is 149 g/mol. The normalized spacial score (nSPS) is 11.7. The molecular formula is C6H6LiO2S. The van der Waals surface area contributed by atoms with Gasteiger partial charge in [0.15, 0.2) is 11.1 Å². The van der Waals surface area contributed by atoms with E-state index in [0.29, 0.717) is 4.90 Å². The van der Waals surface area contributed by atoms with Gasteiger partial charge in [-0.1, -0.05) is 18.2 Å². The third-order valence-electron chi connectivity index (χ3n) is 0.945. The van der Waals surface area contributed by atoms with Crippen LogP contribution >= 0.6 is 0 Å². The molecule has 49 valence electrons. The van der Waals surface area contributed by atoms with Crippen molar-refractivity contribution in [2.45, 2.75) is 4.90 Å². The first-order chi connectivity index (χ1) is 4.30. The Morgan fingerprint density at radius 2 is 1.70 bits per heavy atom. The van der Waals surface area contributed by atoms with E-state index < -0.39 is 11.1 Å². The SMILES string of the molecule is O=S(O)c1ccccc1.[Li]. The molecule has 0 aliphatic carbocycles. The van der Waals surface area contributed by atoms with E-state index in [9.17, 15) is 4.21 Å². The van der Waals surface area contributed by atoms with Crippen molar-refractivity contribution >= 4 is 29.9 Å². The van der Waals surface area contributed by atoms with Crippen molar-refractivity contribution in [3.8, 4) is 0 Å². The van der Waals surface area contributed by atoms with Crippen LogP contribution in [0.25, 0.3) is 0 Å². The molecule has 1 aromatic rings. The van der Waals surface area contributed by atoms with Crippen LogP contribution in [0.1, 0.15) is 0 Å². The first-order valence-corrected chi connectivity index (χ1v) is 3.57. The molecule has 1 unspecified atom stereocenters. The van der Waals surface area contributed by atoms with E-state index in [2.05, 4.69) is 0 Å². The molecule has 0 bridgehead atoms. The average molecular weight is 149 g/mol. The van der Waals surface area contributed by atoms with Gasteiger partial charge in [0.1, 0.15) is 0 Å². The average Bonchev–Trinajstić information content (AvgIpc) is 1.90. The molecule has 1 rings (SSSR count). The minimum atomic E-state index is -1.83. The van der Waals surface area contributed by atoms with E-state index in [1.165, 1.54) is 0 Å². The van der Waals surface area contributed by atoms with Crippen LogP contribution < -0.4 is 0 Å². The van der Waals surface area contributed by atoms with E-state index in [1.54, 1.807) is 30.3 Å². The number of rotatable bonds is 1. The summed E-state index contributed by atoms with van der Waals surface area (Å²) in [5, 5.41) is 0. The smallest absolute Gasteiger partial charge is 0.186 e. The Morgan fingerprint density at radius 3 is 2.00 bits per heavy atom. The summed E-state index contributed by atoms with van der Waals surface area (Å²) in [7, 11) is 0. The standard InChI is InChI=1S/C6H6O2S.Li/c7-9(8)6-4-2-1-3-5-6;/h1-5H,(H,7,8);. The Kier molecular flexibility index (Phi) is 4.66. The molecule has 0 spiro atoms. The maximum absolute atomic E-state index is 10.3. The molecule has 2 nitrogen and oxygen atoms in total. The van der Waals surface area contributed by atoms with Crippen LogP contribution in [0.4, 0.5) is 0 Å². The van der Waals surface area contributed by atoms with Gasteiger partial charge in [0, 0.05) is 18.9 Å². The summed E-state index contributed by atoms with van der Waals surface area (Å²) in [6, 6.07) is 8.47. The molecule has 4 heteroatoms. The van der Waals surface area contributed by atoms with Gasteiger partial charge in [-0.2, -0.15) is 0 Å². The molecule has 0 heterocycles. The maximum atomic E-state index is 10.3. The van der Waals surface area contributed by atoms with Gasteiger partial charge < -0.3 is 4.55 Å². The molecule has 0 aliphatic heterocycles. The molecule has 0 fully saturated rings. The molecule has 1 radical (unpaired) electrons. The van der Waals surface area contributed by atoms with Gasteiger partial charge in [-0.05, 0) is 12.1 Å². The summed E-state index contributed by atoms with van der Waals surface area (Å²) in [6.07, 6.45) is 0. The number of hydrogen-bond donors (Lipinski definition) is 1. The first kappa shape index (κ1) is 9.93. The Balaban J connectivity index is 0.000000810. The molecule has 0 aliphatic rings. The van der Waals surface area contributed by atoms with E-state index in [0.717, 1.165) is 0 Å².